The van der Waals surface area contributed by atoms with Crippen LogP contribution in [0.5, 0.6) is 5.75 Å². The van der Waals surface area contributed by atoms with Crippen molar-refractivity contribution in [2.45, 2.75) is 20.3 Å². The van der Waals surface area contributed by atoms with Crippen molar-refractivity contribution >= 4 is 12.0 Å². The van der Waals surface area contributed by atoms with Crippen molar-refractivity contribution in [3.05, 3.63) is 47.2 Å². The minimum atomic E-state index is -0.323. The maximum atomic E-state index is 11.1. The van der Waals surface area contributed by atoms with Crippen LogP contribution in [0.25, 0.3) is 6.08 Å². The number of fused-ring (bicyclic) bond motifs is 1. The maximum Gasteiger partial charge on any atom is 0.330 e. The fraction of sp³-hybridized carbons (Fsp3) is 0.267. The third kappa shape index (κ3) is 3.61. The second-order valence-corrected chi connectivity index (χ2v) is 4.33. The fourth-order valence-corrected chi connectivity index (χ4v) is 1.78. The zero-order valence-corrected chi connectivity index (χ0v) is 11.1. The first kappa shape index (κ1) is 13.2. The van der Waals surface area contributed by atoms with Crippen molar-refractivity contribution in [3.8, 4) is 5.75 Å². The van der Waals surface area contributed by atoms with E-state index < -0.39 is 0 Å². The molecule has 1 aromatic rings. The quantitative estimate of drug-likeness (QED) is 0.667. The summed E-state index contributed by atoms with van der Waals surface area (Å²) in [5.41, 5.74) is 5.96. The van der Waals surface area contributed by atoms with Crippen LogP contribution in [0.1, 0.15) is 24.5 Å². The topological polar surface area (TPSA) is 47.6 Å². The Morgan fingerprint density at radius 3 is 3.11 bits per heavy atom. The molecule has 1 aliphatic heterocycles. The van der Waals surface area contributed by atoms with Gasteiger partial charge in [0.1, 0.15) is 0 Å². The van der Waals surface area contributed by atoms with Crippen LogP contribution in [0.2, 0.25) is 0 Å². The summed E-state index contributed by atoms with van der Waals surface area (Å²) < 4.78 is 5.03. The van der Waals surface area contributed by atoms with Gasteiger partial charge in [0.05, 0.1) is 12.3 Å². The number of rotatable bonds is 4. The predicted molar refractivity (Wildman–Crippen MR) is 73.3 cm³/mol. The van der Waals surface area contributed by atoms with Crippen LogP contribution in [0.3, 0.4) is 0 Å². The first-order valence-electron chi connectivity index (χ1n) is 6.22. The van der Waals surface area contributed by atoms with Gasteiger partial charge in [0.2, 0.25) is 0 Å². The van der Waals surface area contributed by atoms with E-state index in [1.54, 1.807) is 13.0 Å². The van der Waals surface area contributed by atoms with Crippen LogP contribution in [-0.4, -0.2) is 12.6 Å². The van der Waals surface area contributed by atoms with Crippen molar-refractivity contribution < 1.29 is 14.4 Å². The number of ether oxygens (including phenoxy) is 1. The van der Waals surface area contributed by atoms with E-state index in [0.717, 1.165) is 17.0 Å². The highest BCUT2D eigenvalue weighted by Crippen LogP contribution is 2.25. The lowest BCUT2D eigenvalue weighted by molar-refractivity contribution is -0.137. The highest BCUT2D eigenvalue weighted by atomic mass is 16.6. The molecule has 19 heavy (non-hydrogen) atoms. The lowest BCUT2D eigenvalue weighted by atomic mass is 10.1. The third-order valence-electron chi connectivity index (χ3n) is 2.71. The van der Waals surface area contributed by atoms with Crippen molar-refractivity contribution in [1.82, 2.24) is 5.48 Å². The van der Waals surface area contributed by atoms with Crippen LogP contribution >= 0.6 is 0 Å². The lowest BCUT2D eigenvalue weighted by Gasteiger charge is -2.19. The lowest BCUT2D eigenvalue weighted by Crippen LogP contribution is -2.22. The number of esters is 1. The van der Waals surface area contributed by atoms with Gasteiger partial charge in [0.15, 0.2) is 5.75 Å². The fourth-order valence-electron chi connectivity index (χ4n) is 1.78. The molecule has 1 aliphatic rings. The predicted octanol–water partition coefficient (Wildman–Crippen LogP) is 2.74. The molecular formula is C15H17NO3. The molecular weight excluding hydrogens is 242 g/mol. The molecule has 100 valence electrons. The molecule has 0 amide bonds. The molecule has 0 spiro atoms. The van der Waals surface area contributed by atoms with E-state index >= 15 is 0 Å². The smallest absolute Gasteiger partial charge is 0.330 e. The van der Waals surface area contributed by atoms with Crippen LogP contribution in [-0.2, 0) is 9.53 Å². The van der Waals surface area contributed by atoms with E-state index in [9.17, 15) is 4.79 Å². The molecule has 0 fully saturated rings. The minimum absolute atomic E-state index is 0.323. The zero-order valence-electron chi connectivity index (χ0n) is 11.1. The molecule has 0 aliphatic carbocycles. The summed E-state index contributed by atoms with van der Waals surface area (Å²) in [5.74, 6) is 0.483. The Hall–Kier alpha value is -2.23. The number of carbonyl (C=O) groups is 1. The van der Waals surface area contributed by atoms with Crippen molar-refractivity contribution in [3.63, 3.8) is 0 Å². The maximum absolute atomic E-state index is 11.1. The molecule has 0 aromatic heterocycles. The van der Waals surface area contributed by atoms with E-state index in [1.807, 2.05) is 25.1 Å². The summed E-state index contributed by atoms with van der Waals surface area (Å²) in [7, 11) is 0. The number of carbonyl (C=O) groups excluding carboxylic acids is 1. The molecule has 1 N–H and O–H groups in total. The Labute approximate surface area is 112 Å². The molecule has 1 heterocycles. The van der Waals surface area contributed by atoms with E-state index in [1.165, 1.54) is 11.6 Å². The highest BCUT2D eigenvalue weighted by Gasteiger charge is 2.11. The Morgan fingerprint density at radius 2 is 2.32 bits per heavy atom. The molecule has 0 bridgehead atoms. The van der Waals surface area contributed by atoms with Crippen LogP contribution in [0, 0.1) is 6.92 Å². The average Bonchev–Trinajstić information content (AvgIpc) is 2.38. The van der Waals surface area contributed by atoms with Crippen LogP contribution in [0.15, 0.2) is 36.0 Å². The second-order valence-electron chi connectivity index (χ2n) is 4.33. The molecule has 4 heteroatoms. The van der Waals surface area contributed by atoms with Gasteiger partial charge in [-0.1, -0.05) is 17.7 Å². The first-order valence-corrected chi connectivity index (χ1v) is 6.22. The van der Waals surface area contributed by atoms with E-state index in [4.69, 9.17) is 9.57 Å². The molecule has 0 atom stereocenters. The van der Waals surface area contributed by atoms with Gasteiger partial charge in [-0.25, -0.2) is 10.3 Å². The molecule has 2 rings (SSSR count). The van der Waals surface area contributed by atoms with Gasteiger partial charge in [0, 0.05) is 18.1 Å². The van der Waals surface area contributed by atoms with Crippen molar-refractivity contribution in [2.24, 2.45) is 0 Å². The highest BCUT2D eigenvalue weighted by molar-refractivity contribution is 5.81. The molecule has 0 unspecified atom stereocenters. The molecule has 0 saturated carbocycles. The van der Waals surface area contributed by atoms with E-state index in [2.05, 4.69) is 11.5 Å². The number of hydroxylamine groups is 1. The molecule has 0 radical (unpaired) electrons. The minimum Gasteiger partial charge on any atom is -0.462 e. The molecule has 4 nitrogen and oxygen atoms in total. The van der Waals surface area contributed by atoms with E-state index in [-0.39, 0.29) is 5.97 Å². The van der Waals surface area contributed by atoms with Gasteiger partial charge < -0.3 is 9.57 Å². The standard InChI is InChI=1S/C15H17NO3/c1-3-4-15(17)18-8-7-13-10-12-9-11(2)5-6-14(12)19-16-13/h3-6,9-10,16H,7-8H2,1-2H3. The van der Waals surface area contributed by atoms with Gasteiger partial charge in [-0.2, -0.15) is 0 Å². The Morgan fingerprint density at radius 1 is 1.47 bits per heavy atom. The van der Waals surface area contributed by atoms with Crippen molar-refractivity contribution in [2.75, 3.05) is 6.61 Å². The van der Waals surface area contributed by atoms with Gasteiger partial charge in [-0.3, -0.25) is 0 Å². The van der Waals surface area contributed by atoms with Crippen molar-refractivity contribution in [1.29, 1.82) is 0 Å². The zero-order chi connectivity index (χ0) is 13.7. The summed E-state index contributed by atoms with van der Waals surface area (Å²) in [5, 5.41) is 0. The summed E-state index contributed by atoms with van der Waals surface area (Å²) in [6.07, 6.45) is 5.66. The summed E-state index contributed by atoms with van der Waals surface area (Å²) >= 11 is 0. The van der Waals surface area contributed by atoms with E-state index in [0.29, 0.717) is 13.0 Å². The number of allylic oxidation sites excluding steroid dienone is 1. The van der Waals surface area contributed by atoms with Gasteiger partial charge in [-0.15, -0.1) is 0 Å². The second kappa shape index (κ2) is 6.09. The van der Waals surface area contributed by atoms with Gasteiger partial charge >= 0.3 is 5.97 Å². The Balaban J connectivity index is 1.94. The number of hydrogen-bond donors (Lipinski definition) is 1. The molecule has 0 saturated heterocycles. The SMILES string of the molecule is CC=CC(=O)OCCC1=Cc2cc(C)ccc2ON1. The molecule has 1 aromatic carbocycles. The van der Waals surface area contributed by atoms with Gasteiger partial charge in [0.25, 0.3) is 0 Å². The van der Waals surface area contributed by atoms with Crippen LogP contribution < -0.4 is 10.3 Å². The summed E-state index contributed by atoms with van der Waals surface area (Å²) in [6, 6.07) is 5.98. The number of benzene rings is 1. The number of aryl methyl sites for hydroxylation is 1. The Kier molecular flexibility index (Phi) is 4.23. The first-order chi connectivity index (χ1) is 9.19. The average molecular weight is 259 g/mol. The summed E-state index contributed by atoms with van der Waals surface area (Å²) in [4.78, 5) is 16.6. The summed E-state index contributed by atoms with van der Waals surface area (Å²) in [6.45, 7) is 4.14. The Bertz CT molecular complexity index is 532. The largest absolute Gasteiger partial charge is 0.462 e. The third-order valence-corrected chi connectivity index (χ3v) is 2.71. The van der Waals surface area contributed by atoms with Gasteiger partial charge in [-0.05, 0) is 32.1 Å². The monoisotopic (exact) mass is 259 g/mol. The van der Waals surface area contributed by atoms with Crippen LogP contribution in [0.4, 0.5) is 0 Å². The normalized spacial score (nSPS) is 13.3. The number of nitrogens with one attached hydrogen (secondary N) is 1. The number of hydrogen-bond acceptors (Lipinski definition) is 4.